The number of aromatic nitrogens is 1. The number of hydrogen-bond donors (Lipinski definition) is 1. The zero-order valence-electron chi connectivity index (χ0n) is 13.0. The fraction of sp³-hybridized carbons (Fsp3) is 0.438. The van der Waals surface area contributed by atoms with Crippen LogP contribution in [0.1, 0.15) is 27.8 Å². The van der Waals surface area contributed by atoms with E-state index in [2.05, 4.69) is 10.5 Å². The number of amides is 1. The van der Waals surface area contributed by atoms with Crippen LogP contribution in [0.5, 0.6) is 0 Å². The normalized spacial score (nSPS) is 20.6. The van der Waals surface area contributed by atoms with Crippen LogP contribution in [0, 0.1) is 19.8 Å². The summed E-state index contributed by atoms with van der Waals surface area (Å²) in [6, 6.07) is 4.23. The SMILES string of the molecule is Cc1cc(C[C@@H]2COC[C@@H]2NC(=O)c2cc(=O)cc(C)o2)on1. The van der Waals surface area contributed by atoms with Gasteiger partial charge in [-0.05, 0) is 13.8 Å². The first-order valence-electron chi connectivity index (χ1n) is 7.44. The van der Waals surface area contributed by atoms with Crippen molar-refractivity contribution in [2.45, 2.75) is 26.3 Å². The van der Waals surface area contributed by atoms with E-state index in [1.165, 1.54) is 12.1 Å². The second kappa shape index (κ2) is 6.37. The molecule has 2 atom stereocenters. The quantitative estimate of drug-likeness (QED) is 0.911. The summed E-state index contributed by atoms with van der Waals surface area (Å²) >= 11 is 0. The molecule has 122 valence electrons. The van der Waals surface area contributed by atoms with Gasteiger partial charge in [-0.15, -0.1) is 0 Å². The smallest absolute Gasteiger partial charge is 0.287 e. The van der Waals surface area contributed by atoms with Gasteiger partial charge in [0, 0.05) is 30.5 Å². The summed E-state index contributed by atoms with van der Waals surface area (Å²) in [7, 11) is 0. The second-order valence-electron chi connectivity index (χ2n) is 5.78. The minimum absolute atomic E-state index is 0.0103. The average molecular weight is 318 g/mol. The molecule has 2 aromatic heterocycles. The summed E-state index contributed by atoms with van der Waals surface area (Å²) in [4.78, 5) is 23.7. The van der Waals surface area contributed by atoms with Gasteiger partial charge in [0.2, 0.25) is 0 Å². The van der Waals surface area contributed by atoms with Crippen LogP contribution < -0.4 is 10.7 Å². The lowest BCUT2D eigenvalue weighted by atomic mass is 9.98. The molecule has 1 saturated heterocycles. The third-order valence-electron chi connectivity index (χ3n) is 3.77. The molecule has 1 N–H and O–H groups in total. The van der Waals surface area contributed by atoms with Gasteiger partial charge in [0.25, 0.3) is 5.91 Å². The molecule has 1 amide bonds. The number of ether oxygens (including phenoxy) is 1. The molecule has 1 aliphatic rings. The van der Waals surface area contributed by atoms with Gasteiger partial charge in [0.05, 0.1) is 24.9 Å². The van der Waals surface area contributed by atoms with Crippen LogP contribution in [0.4, 0.5) is 0 Å². The highest BCUT2D eigenvalue weighted by Crippen LogP contribution is 2.20. The highest BCUT2D eigenvalue weighted by Gasteiger charge is 2.31. The topological polar surface area (TPSA) is 94.6 Å². The van der Waals surface area contributed by atoms with Crippen molar-refractivity contribution in [3.8, 4) is 0 Å². The van der Waals surface area contributed by atoms with Crippen molar-refractivity contribution in [1.29, 1.82) is 0 Å². The molecule has 0 unspecified atom stereocenters. The summed E-state index contributed by atoms with van der Waals surface area (Å²) in [6.45, 7) is 4.44. The Morgan fingerprint density at radius 2 is 2.13 bits per heavy atom. The van der Waals surface area contributed by atoms with Crippen LogP contribution >= 0.6 is 0 Å². The van der Waals surface area contributed by atoms with E-state index in [9.17, 15) is 9.59 Å². The van der Waals surface area contributed by atoms with Crippen molar-refractivity contribution in [1.82, 2.24) is 10.5 Å². The first-order chi connectivity index (χ1) is 11.0. The number of rotatable bonds is 4. The van der Waals surface area contributed by atoms with Gasteiger partial charge in [-0.2, -0.15) is 0 Å². The molecule has 0 aliphatic carbocycles. The zero-order valence-corrected chi connectivity index (χ0v) is 13.0. The Kier molecular flexibility index (Phi) is 4.29. The van der Waals surface area contributed by atoms with Crippen molar-refractivity contribution < 1.29 is 18.5 Å². The molecule has 7 nitrogen and oxygen atoms in total. The molecule has 7 heteroatoms. The largest absolute Gasteiger partial charge is 0.456 e. The van der Waals surface area contributed by atoms with Gasteiger partial charge in [0.15, 0.2) is 11.2 Å². The van der Waals surface area contributed by atoms with E-state index in [1.807, 2.05) is 13.0 Å². The molecule has 0 radical (unpaired) electrons. The van der Waals surface area contributed by atoms with Gasteiger partial charge in [-0.1, -0.05) is 5.16 Å². The van der Waals surface area contributed by atoms with Crippen LogP contribution in [-0.4, -0.2) is 30.3 Å². The Hall–Kier alpha value is -2.41. The molecule has 1 fully saturated rings. The summed E-state index contributed by atoms with van der Waals surface area (Å²) < 4.78 is 16.0. The van der Waals surface area contributed by atoms with Crippen LogP contribution in [0.15, 0.2) is 31.9 Å². The highest BCUT2D eigenvalue weighted by atomic mass is 16.5. The fourth-order valence-electron chi connectivity index (χ4n) is 2.69. The third kappa shape index (κ3) is 3.68. The predicted molar refractivity (Wildman–Crippen MR) is 80.2 cm³/mol. The lowest BCUT2D eigenvalue weighted by Gasteiger charge is -2.17. The first kappa shape index (κ1) is 15.5. The maximum Gasteiger partial charge on any atom is 0.287 e. The molecular weight excluding hydrogens is 300 g/mol. The molecule has 0 aromatic carbocycles. The van der Waals surface area contributed by atoms with Crippen LogP contribution in [0.3, 0.4) is 0 Å². The Bertz CT molecular complexity index is 764. The number of carbonyl (C=O) groups is 1. The molecule has 2 aromatic rings. The minimum Gasteiger partial charge on any atom is -0.456 e. The molecule has 23 heavy (non-hydrogen) atoms. The van der Waals surface area contributed by atoms with E-state index in [0.717, 1.165) is 11.5 Å². The van der Waals surface area contributed by atoms with E-state index < -0.39 is 5.91 Å². The molecule has 0 spiro atoms. The van der Waals surface area contributed by atoms with Crippen LogP contribution in [-0.2, 0) is 11.2 Å². The first-order valence-corrected chi connectivity index (χ1v) is 7.44. The van der Waals surface area contributed by atoms with Crippen molar-refractivity contribution in [2.75, 3.05) is 13.2 Å². The second-order valence-corrected chi connectivity index (χ2v) is 5.78. The van der Waals surface area contributed by atoms with Crippen molar-refractivity contribution in [3.63, 3.8) is 0 Å². The lowest BCUT2D eigenvalue weighted by Crippen LogP contribution is -2.40. The Morgan fingerprint density at radius 3 is 2.83 bits per heavy atom. The van der Waals surface area contributed by atoms with Gasteiger partial charge in [-0.25, -0.2) is 0 Å². The van der Waals surface area contributed by atoms with Crippen LogP contribution in [0.2, 0.25) is 0 Å². The maximum atomic E-state index is 12.3. The predicted octanol–water partition coefficient (Wildman–Crippen LogP) is 1.23. The Morgan fingerprint density at radius 1 is 1.30 bits per heavy atom. The van der Waals surface area contributed by atoms with E-state index in [-0.39, 0.29) is 23.1 Å². The molecule has 0 bridgehead atoms. The number of carbonyl (C=O) groups excluding carboxylic acids is 1. The summed E-state index contributed by atoms with van der Waals surface area (Å²) in [5, 5.41) is 6.73. The van der Waals surface area contributed by atoms with Crippen LogP contribution in [0.25, 0.3) is 0 Å². The number of nitrogens with one attached hydrogen (secondary N) is 1. The highest BCUT2D eigenvalue weighted by molar-refractivity contribution is 5.91. The van der Waals surface area contributed by atoms with E-state index in [0.29, 0.717) is 25.4 Å². The maximum absolute atomic E-state index is 12.3. The molecular formula is C16H18N2O5. The average Bonchev–Trinajstić information content (AvgIpc) is 3.08. The van der Waals surface area contributed by atoms with E-state index in [4.69, 9.17) is 13.7 Å². The van der Waals surface area contributed by atoms with E-state index >= 15 is 0 Å². The summed E-state index contributed by atoms with van der Waals surface area (Å²) in [5.74, 6) is 0.845. The van der Waals surface area contributed by atoms with Gasteiger partial charge in [-0.3, -0.25) is 9.59 Å². The zero-order chi connectivity index (χ0) is 16.4. The van der Waals surface area contributed by atoms with Gasteiger partial charge >= 0.3 is 0 Å². The van der Waals surface area contributed by atoms with Gasteiger partial charge in [0.1, 0.15) is 11.5 Å². The van der Waals surface area contributed by atoms with Crippen molar-refractivity contribution >= 4 is 5.91 Å². The standard InChI is InChI=1S/C16H18N2O5/c1-9-3-13(23-18-9)5-11-7-21-8-14(11)17-16(20)15-6-12(19)4-10(2)22-15/h3-4,6,11,14H,5,7-8H2,1-2H3,(H,17,20)/t11-,14+/m1/s1. The number of nitrogens with zero attached hydrogens (tertiary/aromatic N) is 1. The summed E-state index contributed by atoms with van der Waals surface area (Å²) in [5.41, 5.74) is 0.566. The molecule has 0 saturated carbocycles. The fourth-order valence-corrected chi connectivity index (χ4v) is 2.69. The number of hydrogen-bond acceptors (Lipinski definition) is 6. The monoisotopic (exact) mass is 318 g/mol. The van der Waals surface area contributed by atoms with Crippen molar-refractivity contribution in [3.05, 3.63) is 51.4 Å². The lowest BCUT2D eigenvalue weighted by molar-refractivity contribution is 0.0892. The van der Waals surface area contributed by atoms with Gasteiger partial charge < -0.3 is 19.0 Å². The molecule has 3 heterocycles. The Labute approximate surface area is 132 Å². The van der Waals surface area contributed by atoms with Crippen molar-refractivity contribution in [2.24, 2.45) is 5.92 Å². The minimum atomic E-state index is -0.417. The molecule has 3 rings (SSSR count). The summed E-state index contributed by atoms with van der Waals surface area (Å²) in [6.07, 6.45) is 0.629. The molecule has 1 aliphatic heterocycles. The Balaban J connectivity index is 1.68. The third-order valence-corrected chi connectivity index (χ3v) is 3.77. The number of aryl methyl sites for hydroxylation is 2. The van der Waals surface area contributed by atoms with E-state index in [1.54, 1.807) is 6.92 Å².